The standard InChI is InChI=1S/C18H16BrCl2N3O2S/c1-11-8-17(12(2)7-16(11)21)27(25,26)23-18-15(19)10-24(22-18)9-13-3-5-14(20)6-4-13/h3-8,10H,9H2,1-2H3,(H,22,23). The average molecular weight is 489 g/mol. The Hall–Kier alpha value is -1.54. The van der Waals surface area contributed by atoms with Crippen molar-refractivity contribution >= 4 is 55.0 Å². The van der Waals surface area contributed by atoms with Crippen molar-refractivity contribution in [3.8, 4) is 0 Å². The summed E-state index contributed by atoms with van der Waals surface area (Å²) in [5.74, 6) is 0.218. The van der Waals surface area contributed by atoms with E-state index in [2.05, 4.69) is 25.8 Å². The summed E-state index contributed by atoms with van der Waals surface area (Å²) in [6.45, 7) is 3.95. The van der Waals surface area contributed by atoms with Gasteiger partial charge in [0.1, 0.15) is 0 Å². The fourth-order valence-electron chi connectivity index (χ4n) is 2.55. The molecule has 0 saturated heterocycles. The van der Waals surface area contributed by atoms with Gasteiger partial charge in [-0.05, 0) is 70.7 Å². The molecule has 3 rings (SSSR count). The summed E-state index contributed by atoms with van der Waals surface area (Å²) in [6.07, 6.45) is 1.71. The van der Waals surface area contributed by atoms with Crippen LogP contribution in [0.2, 0.25) is 10.0 Å². The van der Waals surface area contributed by atoms with Gasteiger partial charge in [0.15, 0.2) is 5.82 Å². The van der Waals surface area contributed by atoms with Crippen LogP contribution in [0.3, 0.4) is 0 Å². The van der Waals surface area contributed by atoms with Crippen LogP contribution in [0.4, 0.5) is 5.82 Å². The van der Waals surface area contributed by atoms with Crippen LogP contribution in [0.1, 0.15) is 16.7 Å². The minimum absolute atomic E-state index is 0.170. The molecular formula is C18H16BrCl2N3O2S. The highest BCUT2D eigenvalue weighted by atomic mass is 79.9. The largest absolute Gasteiger partial charge is 0.265 e. The molecule has 1 aromatic heterocycles. The first-order chi connectivity index (χ1) is 12.7. The molecule has 0 fully saturated rings. The third-order valence-electron chi connectivity index (χ3n) is 3.95. The predicted molar refractivity (Wildman–Crippen MR) is 112 cm³/mol. The average Bonchev–Trinajstić information content (AvgIpc) is 2.91. The first kappa shape index (κ1) is 20.2. The summed E-state index contributed by atoms with van der Waals surface area (Å²) in [4.78, 5) is 0.170. The molecule has 9 heteroatoms. The molecule has 0 spiro atoms. The summed E-state index contributed by atoms with van der Waals surface area (Å²) in [5.41, 5.74) is 2.25. The quantitative estimate of drug-likeness (QED) is 0.521. The third kappa shape index (κ3) is 4.66. The number of hydrogen-bond acceptors (Lipinski definition) is 3. The van der Waals surface area contributed by atoms with E-state index < -0.39 is 10.0 Å². The van der Waals surface area contributed by atoms with Crippen LogP contribution in [0.25, 0.3) is 0 Å². The Morgan fingerprint density at radius 2 is 1.78 bits per heavy atom. The molecule has 0 aliphatic rings. The van der Waals surface area contributed by atoms with Crippen molar-refractivity contribution < 1.29 is 8.42 Å². The van der Waals surface area contributed by atoms with E-state index in [4.69, 9.17) is 23.2 Å². The number of hydrogen-bond donors (Lipinski definition) is 1. The number of anilines is 1. The molecule has 1 heterocycles. The number of rotatable bonds is 5. The molecule has 0 bridgehead atoms. The van der Waals surface area contributed by atoms with Crippen molar-refractivity contribution in [3.63, 3.8) is 0 Å². The van der Waals surface area contributed by atoms with Gasteiger partial charge in [0.05, 0.1) is 15.9 Å². The molecular weight excluding hydrogens is 473 g/mol. The second-order valence-electron chi connectivity index (χ2n) is 6.12. The highest BCUT2D eigenvalue weighted by Gasteiger charge is 2.21. The summed E-state index contributed by atoms with van der Waals surface area (Å²) in [5, 5.41) is 5.51. The monoisotopic (exact) mass is 487 g/mol. The smallest absolute Gasteiger partial charge is 0.263 e. The number of aryl methyl sites for hydroxylation is 2. The van der Waals surface area contributed by atoms with Gasteiger partial charge in [0, 0.05) is 16.2 Å². The molecule has 5 nitrogen and oxygen atoms in total. The van der Waals surface area contributed by atoms with Crippen LogP contribution >= 0.6 is 39.1 Å². The summed E-state index contributed by atoms with van der Waals surface area (Å²) in [6, 6.07) is 10.6. The van der Waals surface area contributed by atoms with Gasteiger partial charge in [-0.1, -0.05) is 35.3 Å². The number of benzene rings is 2. The number of halogens is 3. The van der Waals surface area contributed by atoms with Gasteiger partial charge in [-0.25, -0.2) is 8.42 Å². The topological polar surface area (TPSA) is 64.0 Å². The van der Waals surface area contributed by atoms with Crippen LogP contribution in [0, 0.1) is 13.8 Å². The zero-order valence-corrected chi connectivity index (χ0v) is 18.4. The Labute approximate surface area is 176 Å². The van der Waals surface area contributed by atoms with E-state index in [9.17, 15) is 8.42 Å². The molecule has 0 unspecified atom stereocenters. The SMILES string of the molecule is Cc1cc(S(=O)(=O)Nc2nn(Cc3ccc(Cl)cc3)cc2Br)c(C)cc1Cl. The van der Waals surface area contributed by atoms with Crippen LogP contribution in [-0.2, 0) is 16.6 Å². The molecule has 3 aromatic rings. The van der Waals surface area contributed by atoms with Gasteiger partial charge < -0.3 is 0 Å². The second kappa shape index (κ2) is 7.83. The number of nitrogens with zero attached hydrogens (tertiary/aromatic N) is 2. The molecule has 0 atom stereocenters. The van der Waals surface area contributed by atoms with E-state index in [1.807, 2.05) is 12.1 Å². The summed E-state index contributed by atoms with van der Waals surface area (Å²) >= 11 is 15.3. The summed E-state index contributed by atoms with van der Waals surface area (Å²) in [7, 11) is -3.80. The predicted octanol–water partition coefficient (Wildman–Crippen LogP) is 5.42. The lowest BCUT2D eigenvalue weighted by molar-refractivity contribution is 0.600. The van der Waals surface area contributed by atoms with Crippen LogP contribution in [0.15, 0.2) is 52.0 Å². The molecule has 0 amide bonds. The molecule has 0 radical (unpaired) electrons. The van der Waals surface area contributed by atoms with Crippen molar-refractivity contribution in [2.45, 2.75) is 25.3 Å². The molecule has 142 valence electrons. The zero-order chi connectivity index (χ0) is 19.8. The molecule has 0 saturated carbocycles. The van der Waals surface area contributed by atoms with E-state index in [1.165, 1.54) is 0 Å². The molecule has 1 N–H and O–H groups in total. The van der Waals surface area contributed by atoms with E-state index in [0.29, 0.717) is 32.2 Å². The van der Waals surface area contributed by atoms with E-state index in [-0.39, 0.29) is 10.7 Å². The number of aromatic nitrogens is 2. The fourth-order valence-corrected chi connectivity index (χ4v) is 4.77. The zero-order valence-electron chi connectivity index (χ0n) is 14.5. The van der Waals surface area contributed by atoms with Crippen molar-refractivity contribution in [2.24, 2.45) is 0 Å². The Kier molecular flexibility index (Phi) is 5.86. The first-order valence-corrected chi connectivity index (χ1v) is 11.0. The van der Waals surface area contributed by atoms with E-state index in [0.717, 1.165) is 5.56 Å². The maximum Gasteiger partial charge on any atom is 0.263 e. The highest BCUT2D eigenvalue weighted by Crippen LogP contribution is 2.28. The van der Waals surface area contributed by atoms with Crippen molar-refractivity contribution in [1.29, 1.82) is 0 Å². The first-order valence-electron chi connectivity index (χ1n) is 7.92. The number of sulfonamides is 1. The van der Waals surface area contributed by atoms with Crippen LogP contribution in [0.5, 0.6) is 0 Å². The lowest BCUT2D eigenvalue weighted by Crippen LogP contribution is -2.15. The maximum absolute atomic E-state index is 12.8. The molecule has 0 aliphatic heterocycles. The Bertz CT molecular complexity index is 1100. The highest BCUT2D eigenvalue weighted by molar-refractivity contribution is 9.10. The Morgan fingerprint density at radius 3 is 2.44 bits per heavy atom. The minimum atomic E-state index is -3.80. The number of nitrogens with one attached hydrogen (secondary N) is 1. The minimum Gasteiger partial charge on any atom is -0.265 e. The van der Waals surface area contributed by atoms with Gasteiger partial charge in [-0.15, -0.1) is 0 Å². The Balaban J connectivity index is 1.86. The van der Waals surface area contributed by atoms with E-state index >= 15 is 0 Å². The lowest BCUT2D eigenvalue weighted by Gasteiger charge is -2.11. The fraction of sp³-hybridized carbons (Fsp3) is 0.167. The Morgan fingerprint density at radius 1 is 1.11 bits per heavy atom. The molecule has 27 heavy (non-hydrogen) atoms. The third-order valence-corrected chi connectivity index (χ3v) is 6.67. The van der Waals surface area contributed by atoms with Gasteiger partial charge in [-0.3, -0.25) is 9.40 Å². The maximum atomic E-state index is 12.8. The van der Waals surface area contributed by atoms with Crippen molar-refractivity contribution in [2.75, 3.05) is 4.72 Å². The van der Waals surface area contributed by atoms with Crippen molar-refractivity contribution in [3.05, 3.63) is 73.8 Å². The van der Waals surface area contributed by atoms with Crippen LogP contribution in [-0.4, -0.2) is 18.2 Å². The van der Waals surface area contributed by atoms with Gasteiger partial charge in [-0.2, -0.15) is 5.10 Å². The van der Waals surface area contributed by atoms with Gasteiger partial charge in [0.2, 0.25) is 0 Å². The normalized spacial score (nSPS) is 11.6. The molecule has 0 aliphatic carbocycles. The summed E-state index contributed by atoms with van der Waals surface area (Å²) < 4.78 is 30.3. The van der Waals surface area contributed by atoms with Gasteiger partial charge >= 0.3 is 0 Å². The van der Waals surface area contributed by atoms with Crippen molar-refractivity contribution in [1.82, 2.24) is 9.78 Å². The van der Waals surface area contributed by atoms with Crippen LogP contribution < -0.4 is 4.72 Å². The molecule has 2 aromatic carbocycles. The van der Waals surface area contributed by atoms with E-state index in [1.54, 1.807) is 49.0 Å². The van der Waals surface area contributed by atoms with Gasteiger partial charge in [0.25, 0.3) is 10.0 Å². The second-order valence-corrected chi connectivity index (χ2v) is 9.47. The lowest BCUT2D eigenvalue weighted by atomic mass is 10.2.